The number of ether oxygens (including phenoxy) is 13. The molecule has 0 unspecified atom stereocenters. The Morgan fingerprint density at radius 2 is 0.474 bits per heavy atom. The minimum absolute atomic E-state index is 0.919. The Labute approximate surface area is 439 Å². The zero-order valence-corrected chi connectivity index (χ0v) is 40.8. The molecule has 7 saturated heterocycles. The average molecular weight is 1150 g/mol. The Kier molecular flexibility index (Phi) is 22.6. The van der Waals surface area contributed by atoms with Crippen LogP contribution in [0, 0.1) is 0 Å². The fourth-order valence-electron chi connectivity index (χ4n) is 9.81. The van der Waals surface area contributed by atoms with Gasteiger partial charge in [-0.3, -0.25) is 0 Å². The van der Waals surface area contributed by atoms with E-state index in [1.807, 2.05) is 0 Å². The van der Waals surface area contributed by atoms with Gasteiger partial charge in [0.25, 0.3) is 0 Å². The lowest BCUT2D eigenvalue weighted by Gasteiger charge is -2.49. The maximum absolute atomic E-state index is 11.7. The van der Waals surface area contributed by atoms with Gasteiger partial charge in [0.1, 0.15) is 171 Å². The maximum Gasteiger partial charge on any atom is 0.187 e. The highest BCUT2D eigenvalue weighted by molar-refractivity contribution is 5.00. The van der Waals surface area contributed by atoms with Gasteiger partial charge >= 0.3 is 0 Å². The van der Waals surface area contributed by atoms with Crippen molar-refractivity contribution in [3.05, 3.63) is 0 Å². The second-order valence-corrected chi connectivity index (χ2v) is 19.6. The van der Waals surface area contributed by atoms with E-state index in [4.69, 9.17) is 61.6 Å². The smallest absolute Gasteiger partial charge is 0.187 e. The summed E-state index contributed by atoms with van der Waals surface area (Å²) in [6.45, 7) is -6.91. The van der Waals surface area contributed by atoms with Gasteiger partial charge in [0.2, 0.25) is 0 Å². The predicted molar refractivity (Wildman–Crippen MR) is 232 cm³/mol. The number of rotatable bonds is 19. The fraction of sp³-hybridized carbons (Fsp3) is 1.00. The van der Waals surface area contributed by atoms with Crippen LogP contribution in [-0.2, 0) is 61.6 Å². The zero-order chi connectivity index (χ0) is 57.3. The van der Waals surface area contributed by atoms with Crippen molar-refractivity contribution in [1.29, 1.82) is 0 Å². The molecule has 456 valence electrons. The van der Waals surface area contributed by atoms with E-state index in [0.717, 1.165) is 0 Å². The highest BCUT2D eigenvalue weighted by atomic mass is 16.8. The van der Waals surface area contributed by atoms with Crippen LogP contribution in [0.15, 0.2) is 0 Å². The molecule has 0 bridgehead atoms. The Morgan fingerprint density at radius 1 is 0.218 bits per heavy atom. The predicted octanol–water partition coefficient (Wildman–Crippen LogP) is -16.3. The molecule has 7 heterocycles. The van der Waals surface area contributed by atoms with Crippen LogP contribution in [0.1, 0.15) is 0 Å². The molecule has 0 amide bonds. The first-order valence-electron chi connectivity index (χ1n) is 24.7. The van der Waals surface area contributed by atoms with Gasteiger partial charge in [-0.2, -0.15) is 0 Å². The highest BCUT2D eigenvalue weighted by Gasteiger charge is 2.58. The summed E-state index contributed by atoms with van der Waals surface area (Å²) in [5, 5.41) is 244. The third kappa shape index (κ3) is 13.1. The standard InChI is InChI=1S/C42H72O36/c43-1-8-15(49)22(56)28(62)37(68-8)75-33-25(59)18(52)12(5-47)72-41(33)77-32-24(58)17(51)10(3-45)70-39(32)66-7-14-21(55)31(30(64)36(65)67-14)74-40-35(27(61)20(54)11(4-46)71-40)78-42-34(26(60)19(53)13(6-48)73-42)76-38-29(63)23(57)16(50)9(2-44)69-38/h8-65H,1-7H2/t8-,9-,10-,11-,12-,13-,14-,15-,16-,17-,18-,19-,20-,21-,22+,23+,24+,25+,26+,27+,28+,29+,30+,31+,32+,33+,34+,35+,36-,37-,38-,39+,40-,41-,42-/m1/s1. The van der Waals surface area contributed by atoms with E-state index < -0.39 is 261 Å². The molecule has 0 aliphatic carbocycles. The summed E-state index contributed by atoms with van der Waals surface area (Å²) in [5.41, 5.74) is 0. The summed E-state index contributed by atoms with van der Waals surface area (Å²) in [4.78, 5) is 0. The van der Waals surface area contributed by atoms with Gasteiger partial charge in [-0.25, -0.2) is 0 Å². The van der Waals surface area contributed by atoms with Crippen molar-refractivity contribution in [2.24, 2.45) is 0 Å². The first-order chi connectivity index (χ1) is 37.0. The molecule has 35 atom stereocenters. The largest absolute Gasteiger partial charge is 0.394 e. The van der Waals surface area contributed by atoms with Crippen LogP contribution in [0.4, 0.5) is 0 Å². The van der Waals surface area contributed by atoms with Crippen LogP contribution in [-0.4, -0.2) is 379 Å². The van der Waals surface area contributed by atoms with Gasteiger partial charge in [0.05, 0.1) is 46.2 Å². The summed E-state index contributed by atoms with van der Waals surface area (Å²) in [6, 6.07) is 0. The van der Waals surface area contributed by atoms with Gasteiger partial charge < -0.3 is 179 Å². The van der Waals surface area contributed by atoms with E-state index in [9.17, 15) is 117 Å². The Balaban J connectivity index is 1.11. The number of hydrogen-bond donors (Lipinski definition) is 23. The highest BCUT2D eigenvalue weighted by Crippen LogP contribution is 2.37. The van der Waals surface area contributed by atoms with Gasteiger partial charge in [0.15, 0.2) is 44.0 Å². The normalized spacial score (nSPS) is 53.5. The molecule has 0 spiro atoms. The molecule has 0 aromatic rings. The van der Waals surface area contributed by atoms with Crippen molar-refractivity contribution in [1.82, 2.24) is 0 Å². The first-order valence-corrected chi connectivity index (χ1v) is 24.7. The lowest BCUT2D eigenvalue weighted by molar-refractivity contribution is -0.405. The fourth-order valence-corrected chi connectivity index (χ4v) is 9.81. The van der Waals surface area contributed by atoms with E-state index in [1.54, 1.807) is 0 Å². The number of hydrogen-bond acceptors (Lipinski definition) is 36. The molecule has 0 saturated carbocycles. The molecule has 7 aliphatic rings. The molecule has 7 fully saturated rings. The molecule has 0 aromatic carbocycles. The molecule has 0 aromatic heterocycles. The third-order valence-corrected chi connectivity index (χ3v) is 14.5. The summed E-state index contributed by atoms with van der Waals surface area (Å²) >= 11 is 0. The van der Waals surface area contributed by atoms with E-state index in [0.29, 0.717) is 0 Å². The summed E-state index contributed by atoms with van der Waals surface area (Å²) < 4.78 is 73.5. The van der Waals surface area contributed by atoms with E-state index in [1.165, 1.54) is 0 Å². The minimum Gasteiger partial charge on any atom is -0.394 e. The van der Waals surface area contributed by atoms with Crippen LogP contribution in [0.3, 0.4) is 0 Å². The molecular weight excluding hydrogens is 1080 g/mol. The topological polar surface area (TPSA) is 585 Å². The van der Waals surface area contributed by atoms with Crippen molar-refractivity contribution < 1.29 is 179 Å². The molecule has 0 radical (unpaired) electrons. The van der Waals surface area contributed by atoms with Crippen LogP contribution < -0.4 is 0 Å². The number of aliphatic hydroxyl groups excluding tert-OH is 23. The summed E-state index contributed by atoms with van der Waals surface area (Å²) in [5.74, 6) is 0. The van der Waals surface area contributed by atoms with Crippen LogP contribution in [0.5, 0.6) is 0 Å². The second-order valence-electron chi connectivity index (χ2n) is 19.6. The molecule has 23 N–H and O–H groups in total. The Bertz CT molecular complexity index is 1820. The van der Waals surface area contributed by atoms with Crippen molar-refractivity contribution >= 4 is 0 Å². The molecule has 7 rings (SSSR count). The average Bonchev–Trinajstić information content (AvgIpc) is 3.59. The van der Waals surface area contributed by atoms with E-state index >= 15 is 0 Å². The van der Waals surface area contributed by atoms with Crippen molar-refractivity contribution in [2.45, 2.75) is 215 Å². The van der Waals surface area contributed by atoms with E-state index in [2.05, 4.69) is 0 Å². The van der Waals surface area contributed by atoms with Gasteiger partial charge in [-0.15, -0.1) is 0 Å². The zero-order valence-electron chi connectivity index (χ0n) is 40.8. The quantitative estimate of drug-likeness (QED) is 0.0571. The third-order valence-electron chi connectivity index (χ3n) is 14.5. The molecule has 78 heavy (non-hydrogen) atoms. The van der Waals surface area contributed by atoms with E-state index in [-0.39, 0.29) is 0 Å². The first kappa shape index (κ1) is 64.1. The van der Waals surface area contributed by atoms with Gasteiger partial charge in [-0.1, -0.05) is 0 Å². The van der Waals surface area contributed by atoms with Crippen molar-refractivity contribution in [2.75, 3.05) is 46.2 Å². The molecular formula is C42H72O36. The minimum atomic E-state index is -2.32. The Hall–Kier alpha value is -1.44. The molecule has 36 nitrogen and oxygen atoms in total. The van der Waals surface area contributed by atoms with Crippen LogP contribution in [0.25, 0.3) is 0 Å². The lowest BCUT2D eigenvalue weighted by atomic mass is 9.95. The van der Waals surface area contributed by atoms with Crippen molar-refractivity contribution in [3.8, 4) is 0 Å². The van der Waals surface area contributed by atoms with Gasteiger partial charge in [0, 0.05) is 0 Å². The monoisotopic (exact) mass is 1150 g/mol. The SMILES string of the molecule is OC[C@H]1O[C@H](O[C@@H]2[C@@H](O[C@@H]3[C@@H](OC[C@H]4O[C@@H](O)[C@@H](O)[C@@H](O[C@H]5O[C@H](CO)[C@@H](O)[C@H](O)[C@@H]5O[C@H]5O[C@H](CO)[C@@H](O)[C@H](O)[C@@H]5O[C@H]5O[C@H](CO)[C@@H](O)[C@H](O)[C@@H]5O)[C@@H]4O)O[C@H](CO)[C@@H](O)[C@@H]3O)O[C@H](CO)[C@@H](O)[C@@H]2O)[C@@H](O)[C@@H](O)[C@@H]1O. The molecule has 36 heteroatoms. The molecule has 7 aliphatic heterocycles. The second kappa shape index (κ2) is 27.5. The van der Waals surface area contributed by atoms with Crippen molar-refractivity contribution in [3.63, 3.8) is 0 Å². The Morgan fingerprint density at radius 3 is 0.795 bits per heavy atom. The lowest BCUT2D eigenvalue weighted by Crippen LogP contribution is -2.68. The van der Waals surface area contributed by atoms with Crippen LogP contribution >= 0.6 is 0 Å². The number of aliphatic hydroxyl groups is 23. The maximum atomic E-state index is 11.7. The van der Waals surface area contributed by atoms with Gasteiger partial charge in [-0.05, 0) is 0 Å². The summed E-state index contributed by atoms with van der Waals surface area (Å²) in [7, 11) is 0. The van der Waals surface area contributed by atoms with Crippen LogP contribution in [0.2, 0.25) is 0 Å². The summed E-state index contributed by atoms with van der Waals surface area (Å²) in [6.07, 6.45) is -70.4.